The zero-order valence-electron chi connectivity index (χ0n) is 9.99. The Morgan fingerprint density at radius 1 is 1.17 bits per heavy atom. The summed E-state index contributed by atoms with van der Waals surface area (Å²) in [7, 11) is 1.91. The van der Waals surface area contributed by atoms with E-state index in [2.05, 4.69) is 19.2 Å². The predicted molar refractivity (Wildman–Crippen MR) is 60.4 cm³/mol. The summed E-state index contributed by atoms with van der Waals surface area (Å²) >= 11 is 0. The molecule has 0 aliphatic heterocycles. The molecule has 1 nitrogen and oxygen atoms in total. The van der Waals surface area contributed by atoms with Gasteiger partial charge in [0.15, 0.2) is 0 Å². The second-order valence-corrected chi connectivity index (χ2v) is 2.22. The van der Waals surface area contributed by atoms with Gasteiger partial charge in [-0.3, -0.25) is 0 Å². The van der Waals surface area contributed by atoms with Gasteiger partial charge in [-0.1, -0.05) is 46.6 Å². The molecule has 0 saturated heterocycles. The quantitative estimate of drug-likeness (QED) is 0.666. The first-order chi connectivity index (χ1) is 5.72. The monoisotopic (exact) mass is 173 g/mol. The first kappa shape index (κ1) is 17.6. The van der Waals surface area contributed by atoms with Crippen LogP contribution >= 0.6 is 0 Å². The van der Waals surface area contributed by atoms with Crippen LogP contribution in [0, 0.1) is 0 Å². The Balaban J connectivity index is -0.000000118. The highest BCUT2D eigenvalue weighted by atomic mass is 14.8. The van der Waals surface area contributed by atoms with E-state index >= 15 is 0 Å². The van der Waals surface area contributed by atoms with Gasteiger partial charge < -0.3 is 5.32 Å². The summed E-state index contributed by atoms with van der Waals surface area (Å²) in [6, 6.07) is 0. The molecule has 0 atom stereocenters. The predicted octanol–water partition coefficient (Wildman–Crippen LogP) is 3.96. The van der Waals surface area contributed by atoms with Gasteiger partial charge >= 0.3 is 0 Å². The lowest BCUT2D eigenvalue weighted by atomic mass is 10.4. The van der Waals surface area contributed by atoms with Crippen LogP contribution in [0.25, 0.3) is 0 Å². The van der Waals surface area contributed by atoms with E-state index in [0.717, 1.165) is 0 Å². The van der Waals surface area contributed by atoms with Crippen LogP contribution in [0.2, 0.25) is 0 Å². The number of allylic oxidation sites excluding steroid dienone is 2. The van der Waals surface area contributed by atoms with Gasteiger partial charge in [-0.25, -0.2) is 0 Å². The molecule has 0 bridgehead atoms. The number of hydrogen-bond acceptors (Lipinski definition) is 1. The smallest absolute Gasteiger partial charge is 0.00300 e. The SMILES string of the molecule is C/C=C(/C)NC.CC.CCCC. The lowest BCUT2D eigenvalue weighted by molar-refractivity contribution is 0.886. The van der Waals surface area contributed by atoms with E-state index < -0.39 is 0 Å². The van der Waals surface area contributed by atoms with Gasteiger partial charge in [-0.05, 0) is 13.8 Å². The molecule has 0 aliphatic rings. The van der Waals surface area contributed by atoms with Crippen LogP contribution in [0.3, 0.4) is 0 Å². The van der Waals surface area contributed by atoms with Gasteiger partial charge in [0.05, 0.1) is 0 Å². The highest BCUT2D eigenvalue weighted by molar-refractivity contribution is 4.90. The van der Waals surface area contributed by atoms with E-state index in [0.29, 0.717) is 0 Å². The highest BCUT2D eigenvalue weighted by Crippen LogP contribution is 1.78. The molecule has 0 aromatic heterocycles. The minimum Gasteiger partial charge on any atom is -0.392 e. The van der Waals surface area contributed by atoms with Gasteiger partial charge in [-0.15, -0.1) is 0 Å². The molecule has 0 spiro atoms. The minimum absolute atomic E-state index is 1.22. The molecule has 0 aromatic rings. The maximum atomic E-state index is 2.98. The fourth-order valence-corrected chi connectivity index (χ4v) is 0.144. The molecule has 0 fully saturated rings. The van der Waals surface area contributed by atoms with Crippen LogP contribution in [0.1, 0.15) is 54.4 Å². The lowest BCUT2D eigenvalue weighted by Gasteiger charge is -1.91. The molecule has 76 valence electrons. The Kier molecular flexibility index (Phi) is 32.9. The number of hydrogen-bond donors (Lipinski definition) is 1. The number of unbranched alkanes of at least 4 members (excludes halogenated alkanes) is 1. The van der Waals surface area contributed by atoms with Crippen molar-refractivity contribution in [3.8, 4) is 0 Å². The molecule has 0 aliphatic carbocycles. The van der Waals surface area contributed by atoms with Crippen molar-refractivity contribution in [1.82, 2.24) is 5.32 Å². The standard InChI is InChI=1S/C5H11N.C4H10.C2H6/c1-4-5(2)6-3;1-3-4-2;1-2/h4,6H,1-3H3;3-4H2,1-2H3;1-2H3/b5-4-;;. The molecule has 1 heteroatoms. The normalized spacial score (nSPS) is 8.75. The summed E-state index contributed by atoms with van der Waals surface area (Å²) in [6.07, 6.45) is 4.67. The molecular weight excluding hydrogens is 146 g/mol. The second-order valence-electron chi connectivity index (χ2n) is 2.22. The summed E-state index contributed by atoms with van der Waals surface area (Å²) in [5.41, 5.74) is 1.22. The van der Waals surface area contributed by atoms with E-state index in [1.54, 1.807) is 0 Å². The van der Waals surface area contributed by atoms with Gasteiger partial charge in [0.1, 0.15) is 0 Å². The summed E-state index contributed by atoms with van der Waals surface area (Å²) in [5, 5.41) is 2.98. The van der Waals surface area contributed by atoms with Crippen LogP contribution < -0.4 is 5.32 Å². The highest BCUT2D eigenvalue weighted by Gasteiger charge is 1.69. The Morgan fingerprint density at radius 2 is 1.50 bits per heavy atom. The Labute approximate surface area is 79.3 Å². The average Bonchev–Trinajstić information content (AvgIpc) is 2.20. The van der Waals surface area contributed by atoms with Crippen molar-refractivity contribution in [2.75, 3.05) is 7.05 Å². The van der Waals surface area contributed by atoms with Crippen molar-refractivity contribution in [1.29, 1.82) is 0 Å². The fourth-order valence-electron chi connectivity index (χ4n) is 0.144. The molecule has 0 amide bonds. The number of rotatable bonds is 2. The lowest BCUT2D eigenvalue weighted by Crippen LogP contribution is -1.99. The zero-order valence-corrected chi connectivity index (χ0v) is 9.99. The molecule has 12 heavy (non-hydrogen) atoms. The first-order valence-corrected chi connectivity index (χ1v) is 5.03. The Morgan fingerprint density at radius 3 is 1.50 bits per heavy atom. The van der Waals surface area contributed by atoms with Gasteiger partial charge in [0.2, 0.25) is 0 Å². The third-order valence-electron chi connectivity index (χ3n) is 1.33. The first-order valence-electron chi connectivity index (χ1n) is 5.03. The van der Waals surface area contributed by atoms with Crippen LogP contribution in [-0.4, -0.2) is 7.05 Å². The van der Waals surface area contributed by atoms with Crippen molar-refractivity contribution in [2.24, 2.45) is 0 Å². The van der Waals surface area contributed by atoms with E-state index in [9.17, 15) is 0 Å². The largest absolute Gasteiger partial charge is 0.392 e. The molecule has 0 aromatic carbocycles. The topological polar surface area (TPSA) is 12.0 Å². The summed E-state index contributed by atoms with van der Waals surface area (Å²) in [5.74, 6) is 0. The Hall–Kier alpha value is -0.460. The van der Waals surface area contributed by atoms with E-state index in [1.807, 2.05) is 40.8 Å². The minimum atomic E-state index is 1.22. The third-order valence-corrected chi connectivity index (χ3v) is 1.33. The average molecular weight is 173 g/mol. The summed E-state index contributed by atoms with van der Waals surface area (Å²) in [6.45, 7) is 12.4. The molecule has 1 N–H and O–H groups in total. The summed E-state index contributed by atoms with van der Waals surface area (Å²) in [4.78, 5) is 0. The van der Waals surface area contributed by atoms with Gasteiger partial charge in [-0.2, -0.15) is 0 Å². The second kappa shape index (κ2) is 22.4. The third kappa shape index (κ3) is 33.8. The molecule has 0 rings (SSSR count). The molecule has 0 unspecified atom stereocenters. The van der Waals surface area contributed by atoms with Crippen LogP contribution in [-0.2, 0) is 0 Å². The van der Waals surface area contributed by atoms with Crippen LogP contribution in [0.4, 0.5) is 0 Å². The zero-order chi connectivity index (χ0) is 10.4. The van der Waals surface area contributed by atoms with Crippen molar-refractivity contribution in [2.45, 2.75) is 54.4 Å². The molecule has 0 saturated carbocycles. The van der Waals surface area contributed by atoms with E-state index in [4.69, 9.17) is 0 Å². The maximum Gasteiger partial charge on any atom is 0.00300 e. The van der Waals surface area contributed by atoms with Crippen molar-refractivity contribution in [3.05, 3.63) is 11.8 Å². The van der Waals surface area contributed by atoms with Crippen molar-refractivity contribution >= 4 is 0 Å². The molecule has 0 radical (unpaired) electrons. The fraction of sp³-hybridized carbons (Fsp3) is 0.818. The maximum absolute atomic E-state index is 2.98. The van der Waals surface area contributed by atoms with Crippen LogP contribution in [0.5, 0.6) is 0 Å². The van der Waals surface area contributed by atoms with Crippen molar-refractivity contribution < 1.29 is 0 Å². The molecular formula is C11H27N. The Bertz CT molecular complexity index is 73.1. The summed E-state index contributed by atoms with van der Waals surface area (Å²) < 4.78 is 0. The van der Waals surface area contributed by atoms with Crippen molar-refractivity contribution in [3.63, 3.8) is 0 Å². The number of nitrogens with one attached hydrogen (secondary N) is 1. The van der Waals surface area contributed by atoms with Crippen LogP contribution in [0.15, 0.2) is 11.8 Å². The van der Waals surface area contributed by atoms with E-state index in [1.165, 1.54) is 18.5 Å². The molecule has 0 heterocycles. The van der Waals surface area contributed by atoms with E-state index in [-0.39, 0.29) is 0 Å². The van der Waals surface area contributed by atoms with Gasteiger partial charge in [0, 0.05) is 12.7 Å². The van der Waals surface area contributed by atoms with Gasteiger partial charge in [0.25, 0.3) is 0 Å².